The number of nitrogens with one attached hydrogen (secondary N) is 1. The van der Waals surface area contributed by atoms with E-state index < -0.39 is 0 Å². The largest absolute Gasteiger partial charge is 0.309 e. The van der Waals surface area contributed by atoms with E-state index in [9.17, 15) is 0 Å². The molecule has 1 aromatic rings. The van der Waals surface area contributed by atoms with E-state index in [1.165, 1.54) is 11.3 Å². The highest BCUT2D eigenvalue weighted by Crippen LogP contribution is 2.16. The zero-order valence-corrected chi connectivity index (χ0v) is 7.96. The summed E-state index contributed by atoms with van der Waals surface area (Å²) in [5.74, 6) is 0. The molecule has 0 aliphatic carbocycles. The van der Waals surface area contributed by atoms with Crippen LogP contribution in [0.15, 0.2) is 24.3 Å². The molecule has 0 atom stereocenters. The molecule has 0 aromatic heterocycles. The van der Waals surface area contributed by atoms with Gasteiger partial charge in [0.15, 0.2) is 0 Å². The Kier molecular flexibility index (Phi) is 3.11. The topological polar surface area (TPSA) is 15.3 Å². The lowest BCUT2D eigenvalue weighted by atomic mass is 10.2. The van der Waals surface area contributed by atoms with Gasteiger partial charge < -0.3 is 5.01 Å². The van der Waals surface area contributed by atoms with Gasteiger partial charge in [-0.2, -0.15) is 0 Å². The summed E-state index contributed by atoms with van der Waals surface area (Å²) in [6.07, 6.45) is 0. The van der Waals surface area contributed by atoms with Gasteiger partial charge in [-0.05, 0) is 25.5 Å². The van der Waals surface area contributed by atoms with E-state index in [1.807, 2.05) is 7.05 Å². The highest BCUT2D eigenvalue weighted by atomic mass is 15.5. The van der Waals surface area contributed by atoms with Crippen molar-refractivity contribution < 1.29 is 0 Å². The van der Waals surface area contributed by atoms with Crippen molar-refractivity contribution in [1.29, 1.82) is 0 Å². The molecule has 1 rings (SSSR count). The second kappa shape index (κ2) is 4.12. The average molecular weight is 164 g/mol. The van der Waals surface area contributed by atoms with Crippen LogP contribution < -0.4 is 10.4 Å². The lowest BCUT2D eigenvalue weighted by Gasteiger charge is -2.23. The van der Waals surface area contributed by atoms with Gasteiger partial charge in [-0.15, -0.1) is 0 Å². The molecular weight excluding hydrogens is 148 g/mol. The third kappa shape index (κ3) is 1.77. The first-order chi connectivity index (χ1) is 5.79. The summed E-state index contributed by atoms with van der Waals surface area (Å²) >= 11 is 0. The molecule has 0 spiro atoms. The van der Waals surface area contributed by atoms with E-state index in [-0.39, 0.29) is 0 Å². The molecule has 1 N–H and O–H groups in total. The van der Waals surface area contributed by atoms with Crippen LogP contribution in [0.5, 0.6) is 0 Å². The van der Waals surface area contributed by atoms with Crippen molar-refractivity contribution in [1.82, 2.24) is 5.43 Å². The van der Waals surface area contributed by atoms with Gasteiger partial charge in [-0.1, -0.05) is 18.2 Å². The smallest absolute Gasteiger partial charge is 0.0548 e. The molecule has 0 amide bonds. The summed E-state index contributed by atoms with van der Waals surface area (Å²) in [4.78, 5) is 0. The summed E-state index contributed by atoms with van der Waals surface area (Å²) in [5, 5.41) is 2.12. The Morgan fingerprint density at radius 1 is 1.33 bits per heavy atom. The van der Waals surface area contributed by atoms with Gasteiger partial charge >= 0.3 is 0 Å². The number of nitrogens with zero attached hydrogens (tertiary/aromatic N) is 1. The van der Waals surface area contributed by atoms with Gasteiger partial charge in [0.25, 0.3) is 0 Å². The summed E-state index contributed by atoms with van der Waals surface area (Å²) < 4.78 is 0. The number of aryl methyl sites for hydroxylation is 1. The first-order valence-corrected chi connectivity index (χ1v) is 4.30. The molecule has 0 aliphatic rings. The van der Waals surface area contributed by atoms with Crippen molar-refractivity contribution in [2.24, 2.45) is 0 Å². The number of hydrogen-bond donors (Lipinski definition) is 1. The Balaban J connectivity index is 2.92. The SMILES string of the molecule is CCN(NC)c1ccccc1C. The molecule has 2 nitrogen and oxygen atoms in total. The van der Waals surface area contributed by atoms with Crippen molar-refractivity contribution in [2.45, 2.75) is 13.8 Å². The predicted octanol–water partition coefficient (Wildman–Crippen LogP) is 1.96. The molecule has 0 bridgehead atoms. The Morgan fingerprint density at radius 3 is 2.50 bits per heavy atom. The van der Waals surface area contributed by atoms with Crippen LogP contribution in [0.1, 0.15) is 12.5 Å². The van der Waals surface area contributed by atoms with Crippen LogP contribution in [-0.4, -0.2) is 13.6 Å². The van der Waals surface area contributed by atoms with Gasteiger partial charge in [-0.25, -0.2) is 5.43 Å². The number of hydrazine groups is 1. The zero-order valence-electron chi connectivity index (χ0n) is 7.96. The maximum Gasteiger partial charge on any atom is 0.0548 e. The fraction of sp³-hybridized carbons (Fsp3) is 0.400. The lowest BCUT2D eigenvalue weighted by molar-refractivity contribution is 0.724. The molecule has 1 aromatic carbocycles. The summed E-state index contributed by atoms with van der Waals surface area (Å²) in [5.41, 5.74) is 5.69. The normalized spacial score (nSPS) is 9.92. The third-order valence-corrected chi connectivity index (χ3v) is 1.99. The minimum absolute atomic E-state index is 0.974. The molecule has 66 valence electrons. The second-order valence-corrected chi connectivity index (χ2v) is 2.75. The predicted molar refractivity (Wildman–Crippen MR) is 53.3 cm³/mol. The monoisotopic (exact) mass is 164 g/mol. The molecule has 0 saturated carbocycles. The van der Waals surface area contributed by atoms with Crippen LogP contribution in [0, 0.1) is 6.92 Å². The van der Waals surface area contributed by atoms with E-state index >= 15 is 0 Å². The van der Waals surface area contributed by atoms with Gasteiger partial charge in [-0.3, -0.25) is 0 Å². The number of benzene rings is 1. The quantitative estimate of drug-likeness (QED) is 0.687. The first-order valence-electron chi connectivity index (χ1n) is 4.30. The molecule has 0 radical (unpaired) electrons. The van der Waals surface area contributed by atoms with Crippen molar-refractivity contribution in [2.75, 3.05) is 18.6 Å². The van der Waals surface area contributed by atoms with E-state index in [0.717, 1.165) is 6.54 Å². The van der Waals surface area contributed by atoms with Crippen LogP contribution in [-0.2, 0) is 0 Å². The first kappa shape index (κ1) is 9.07. The summed E-state index contributed by atoms with van der Waals surface area (Å²) in [7, 11) is 1.94. The van der Waals surface area contributed by atoms with E-state index in [2.05, 4.69) is 48.5 Å². The molecule has 0 saturated heterocycles. The molecule has 0 aliphatic heterocycles. The van der Waals surface area contributed by atoms with Crippen LogP contribution >= 0.6 is 0 Å². The number of anilines is 1. The van der Waals surface area contributed by atoms with Gasteiger partial charge in [0.05, 0.1) is 5.69 Å². The second-order valence-electron chi connectivity index (χ2n) is 2.75. The number of para-hydroxylation sites is 1. The molecule has 0 unspecified atom stereocenters. The van der Waals surface area contributed by atoms with Gasteiger partial charge in [0.1, 0.15) is 0 Å². The van der Waals surface area contributed by atoms with Crippen LogP contribution in [0.25, 0.3) is 0 Å². The fourth-order valence-electron chi connectivity index (χ4n) is 1.32. The van der Waals surface area contributed by atoms with Crippen LogP contribution in [0.3, 0.4) is 0 Å². The van der Waals surface area contributed by atoms with E-state index in [0.29, 0.717) is 0 Å². The van der Waals surface area contributed by atoms with Crippen molar-refractivity contribution >= 4 is 5.69 Å². The maximum atomic E-state index is 3.14. The van der Waals surface area contributed by atoms with Crippen LogP contribution in [0.4, 0.5) is 5.69 Å². The third-order valence-electron chi connectivity index (χ3n) is 1.99. The molecule has 0 heterocycles. The Hall–Kier alpha value is -1.02. The standard InChI is InChI=1S/C10H16N2/c1-4-12(11-3)10-8-6-5-7-9(10)2/h5-8,11H,4H2,1-3H3. The highest BCUT2D eigenvalue weighted by Gasteiger charge is 2.02. The van der Waals surface area contributed by atoms with E-state index in [1.54, 1.807) is 0 Å². The Bertz CT molecular complexity index is 241. The molecule has 2 heteroatoms. The van der Waals surface area contributed by atoms with Gasteiger partial charge in [0, 0.05) is 13.6 Å². The van der Waals surface area contributed by atoms with Crippen LogP contribution in [0.2, 0.25) is 0 Å². The van der Waals surface area contributed by atoms with Crippen molar-refractivity contribution in [3.63, 3.8) is 0 Å². The summed E-state index contributed by atoms with van der Waals surface area (Å²) in [6, 6.07) is 8.36. The van der Waals surface area contributed by atoms with Gasteiger partial charge in [0.2, 0.25) is 0 Å². The maximum absolute atomic E-state index is 3.14. The van der Waals surface area contributed by atoms with E-state index in [4.69, 9.17) is 0 Å². The summed E-state index contributed by atoms with van der Waals surface area (Å²) in [6.45, 7) is 5.22. The average Bonchev–Trinajstić information content (AvgIpc) is 2.10. The Labute approximate surface area is 74.2 Å². The number of rotatable bonds is 3. The lowest BCUT2D eigenvalue weighted by Crippen LogP contribution is -2.35. The van der Waals surface area contributed by atoms with Crippen molar-refractivity contribution in [3.8, 4) is 0 Å². The minimum atomic E-state index is 0.974. The zero-order chi connectivity index (χ0) is 8.97. The molecule has 0 fully saturated rings. The van der Waals surface area contributed by atoms with Crippen molar-refractivity contribution in [3.05, 3.63) is 29.8 Å². The minimum Gasteiger partial charge on any atom is -0.309 e. The number of hydrogen-bond acceptors (Lipinski definition) is 2. The molecule has 12 heavy (non-hydrogen) atoms. The Morgan fingerprint density at radius 2 is 2.00 bits per heavy atom. The highest BCUT2D eigenvalue weighted by molar-refractivity contribution is 5.51. The fourth-order valence-corrected chi connectivity index (χ4v) is 1.32. The molecular formula is C10H16N2.